The van der Waals surface area contributed by atoms with Crippen LogP contribution in [0, 0.1) is 10.1 Å². The first kappa shape index (κ1) is 10.2. The molecular weight excluding hydrogens is 189 g/mol. The lowest BCUT2D eigenvalue weighted by Gasteiger charge is -2.00. The van der Waals surface area contributed by atoms with E-state index in [-0.39, 0.29) is 0 Å². The Labute approximate surface area is 79.8 Å². The first-order chi connectivity index (χ1) is 6.72. The molecule has 14 heavy (non-hydrogen) atoms. The maximum atomic E-state index is 11.8. The lowest BCUT2D eigenvalue weighted by atomic mass is 10.2. The summed E-state index contributed by atoms with van der Waals surface area (Å²) in [7, 11) is 0. The number of halogens is 1. The molecule has 0 radical (unpaired) electrons. The third kappa shape index (κ3) is 3.22. The van der Waals surface area contributed by atoms with Gasteiger partial charge in [-0.05, 0) is 17.7 Å². The zero-order valence-electron chi connectivity index (χ0n) is 7.22. The Morgan fingerprint density at radius 3 is 3.00 bits per heavy atom. The summed E-state index contributed by atoms with van der Waals surface area (Å²) >= 11 is 0. The molecule has 0 aliphatic rings. The van der Waals surface area contributed by atoms with E-state index in [9.17, 15) is 14.5 Å². The Balaban J connectivity index is 2.77. The van der Waals surface area contributed by atoms with Crippen molar-refractivity contribution in [3.63, 3.8) is 0 Å². The zero-order chi connectivity index (χ0) is 10.4. The highest BCUT2D eigenvalue weighted by atomic mass is 19.1. The van der Waals surface area contributed by atoms with Crippen LogP contribution in [0.25, 0.3) is 6.08 Å². The minimum absolute atomic E-state index is 0.345. The second kappa shape index (κ2) is 4.96. The van der Waals surface area contributed by atoms with Crippen molar-refractivity contribution in [2.24, 2.45) is 0 Å². The van der Waals surface area contributed by atoms with Crippen LogP contribution >= 0.6 is 0 Å². The van der Waals surface area contributed by atoms with E-state index < -0.39 is 11.8 Å². The molecule has 1 aromatic carbocycles. The Morgan fingerprint density at radius 1 is 1.57 bits per heavy atom. The van der Waals surface area contributed by atoms with Gasteiger partial charge < -0.3 is 4.74 Å². The van der Waals surface area contributed by atoms with Gasteiger partial charge in [0.1, 0.15) is 5.75 Å². The fourth-order valence-corrected chi connectivity index (χ4v) is 0.918. The van der Waals surface area contributed by atoms with E-state index in [1.165, 1.54) is 12.1 Å². The maximum Gasteiger partial charge on any atom is 0.235 e. The first-order valence-corrected chi connectivity index (χ1v) is 3.83. The van der Waals surface area contributed by atoms with Crippen LogP contribution in [0.3, 0.4) is 0 Å². The summed E-state index contributed by atoms with van der Waals surface area (Å²) in [5.74, 6) is 0.345. The van der Waals surface area contributed by atoms with Crippen LogP contribution in [-0.4, -0.2) is 11.8 Å². The van der Waals surface area contributed by atoms with Gasteiger partial charge in [-0.3, -0.25) is 10.1 Å². The standard InChI is InChI=1S/C9H8FNO3/c10-7-14-9-3-1-2-8(6-9)4-5-11(12)13/h1-6H,7H2/b5-4+. The van der Waals surface area contributed by atoms with Crippen molar-refractivity contribution in [1.29, 1.82) is 0 Å². The summed E-state index contributed by atoms with van der Waals surface area (Å²) in [6.07, 6.45) is 2.12. The molecule has 1 aromatic rings. The molecule has 0 heterocycles. The number of hydrogen-bond acceptors (Lipinski definition) is 3. The summed E-state index contributed by atoms with van der Waals surface area (Å²) in [4.78, 5) is 9.44. The van der Waals surface area contributed by atoms with Gasteiger partial charge in [-0.2, -0.15) is 0 Å². The molecular formula is C9H8FNO3. The largest absolute Gasteiger partial charge is 0.463 e. The van der Waals surface area contributed by atoms with Gasteiger partial charge in [-0.25, -0.2) is 4.39 Å². The smallest absolute Gasteiger partial charge is 0.235 e. The van der Waals surface area contributed by atoms with Crippen LogP contribution in [0.15, 0.2) is 30.5 Å². The van der Waals surface area contributed by atoms with Gasteiger partial charge in [0.05, 0.1) is 4.92 Å². The second-order valence-corrected chi connectivity index (χ2v) is 2.43. The molecule has 0 aliphatic heterocycles. The molecule has 0 aliphatic carbocycles. The van der Waals surface area contributed by atoms with E-state index in [1.807, 2.05) is 0 Å². The number of hydrogen-bond donors (Lipinski definition) is 0. The summed E-state index contributed by atoms with van der Waals surface area (Å²) in [5, 5.41) is 10.0. The fraction of sp³-hybridized carbons (Fsp3) is 0.111. The number of alkyl halides is 1. The zero-order valence-corrected chi connectivity index (χ0v) is 7.22. The van der Waals surface area contributed by atoms with E-state index in [1.54, 1.807) is 18.2 Å². The molecule has 0 saturated heterocycles. The Morgan fingerprint density at radius 2 is 2.36 bits per heavy atom. The molecule has 5 heteroatoms. The van der Waals surface area contributed by atoms with Crippen LogP contribution in [0.2, 0.25) is 0 Å². The van der Waals surface area contributed by atoms with Gasteiger partial charge in [0.25, 0.3) is 0 Å². The van der Waals surface area contributed by atoms with Gasteiger partial charge in [0.15, 0.2) is 0 Å². The lowest BCUT2D eigenvalue weighted by Crippen LogP contribution is -1.89. The lowest BCUT2D eigenvalue weighted by molar-refractivity contribution is -0.400. The summed E-state index contributed by atoms with van der Waals surface area (Å²) in [5.41, 5.74) is 0.590. The van der Waals surface area contributed by atoms with Crippen molar-refractivity contribution in [3.8, 4) is 5.75 Å². The number of rotatable bonds is 4. The molecule has 0 aromatic heterocycles. The van der Waals surface area contributed by atoms with Crippen molar-refractivity contribution in [2.75, 3.05) is 6.86 Å². The number of nitro groups is 1. The van der Waals surface area contributed by atoms with Crippen LogP contribution in [0.4, 0.5) is 4.39 Å². The highest BCUT2D eigenvalue weighted by Gasteiger charge is 1.94. The van der Waals surface area contributed by atoms with E-state index >= 15 is 0 Å². The molecule has 1 rings (SSSR count). The van der Waals surface area contributed by atoms with Crippen LogP contribution in [-0.2, 0) is 0 Å². The van der Waals surface area contributed by atoms with E-state index in [2.05, 4.69) is 4.74 Å². The third-order valence-electron chi connectivity index (χ3n) is 1.47. The van der Waals surface area contributed by atoms with Crippen molar-refractivity contribution in [2.45, 2.75) is 0 Å². The van der Waals surface area contributed by atoms with Crippen LogP contribution < -0.4 is 4.74 Å². The van der Waals surface area contributed by atoms with Crippen molar-refractivity contribution < 1.29 is 14.1 Å². The minimum atomic E-state index is -0.914. The Kier molecular flexibility index (Phi) is 3.60. The second-order valence-electron chi connectivity index (χ2n) is 2.43. The van der Waals surface area contributed by atoms with Gasteiger partial charge >= 0.3 is 0 Å². The van der Waals surface area contributed by atoms with E-state index in [4.69, 9.17) is 0 Å². The number of ether oxygens (including phenoxy) is 1. The Bertz CT molecular complexity index is 352. The van der Waals surface area contributed by atoms with Crippen molar-refractivity contribution in [1.82, 2.24) is 0 Å². The number of benzene rings is 1. The van der Waals surface area contributed by atoms with Gasteiger partial charge in [-0.1, -0.05) is 12.1 Å². The van der Waals surface area contributed by atoms with Crippen molar-refractivity contribution >= 4 is 6.08 Å². The molecule has 0 N–H and O–H groups in total. The van der Waals surface area contributed by atoms with Gasteiger partial charge in [0.2, 0.25) is 13.1 Å². The quantitative estimate of drug-likeness (QED) is 0.549. The average Bonchev–Trinajstić information content (AvgIpc) is 2.16. The summed E-state index contributed by atoms with van der Waals surface area (Å²) < 4.78 is 16.4. The monoisotopic (exact) mass is 197 g/mol. The molecule has 0 saturated carbocycles. The third-order valence-corrected chi connectivity index (χ3v) is 1.47. The molecule has 0 fully saturated rings. The van der Waals surface area contributed by atoms with Crippen molar-refractivity contribution in [3.05, 3.63) is 46.1 Å². The maximum absolute atomic E-state index is 11.8. The van der Waals surface area contributed by atoms with Crippen LogP contribution in [0.1, 0.15) is 5.56 Å². The van der Waals surface area contributed by atoms with E-state index in [0.717, 1.165) is 6.20 Å². The van der Waals surface area contributed by atoms with E-state index in [0.29, 0.717) is 11.3 Å². The summed E-state index contributed by atoms with van der Waals surface area (Å²) in [6.45, 7) is -0.914. The predicted molar refractivity (Wildman–Crippen MR) is 49.1 cm³/mol. The van der Waals surface area contributed by atoms with Gasteiger partial charge in [-0.15, -0.1) is 0 Å². The molecule has 0 unspecified atom stereocenters. The topological polar surface area (TPSA) is 52.4 Å². The molecule has 74 valence electrons. The number of nitrogens with zero attached hydrogens (tertiary/aromatic N) is 1. The van der Waals surface area contributed by atoms with Gasteiger partial charge in [0, 0.05) is 6.08 Å². The highest BCUT2D eigenvalue weighted by molar-refractivity contribution is 5.50. The molecule has 0 spiro atoms. The normalized spacial score (nSPS) is 10.4. The molecule has 4 nitrogen and oxygen atoms in total. The molecule has 0 atom stereocenters. The minimum Gasteiger partial charge on any atom is -0.463 e. The average molecular weight is 197 g/mol. The predicted octanol–water partition coefficient (Wildman–Crippen LogP) is 2.24. The first-order valence-electron chi connectivity index (χ1n) is 3.83. The fourth-order valence-electron chi connectivity index (χ4n) is 0.918. The molecule has 0 amide bonds. The molecule has 0 bridgehead atoms. The van der Waals surface area contributed by atoms with Crippen LogP contribution in [0.5, 0.6) is 5.75 Å². The summed E-state index contributed by atoms with van der Waals surface area (Å²) in [6, 6.07) is 6.37. The Hall–Kier alpha value is -1.91. The SMILES string of the molecule is O=[N+]([O-])/C=C/c1cccc(OCF)c1. The highest BCUT2D eigenvalue weighted by Crippen LogP contribution is 2.14.